The molecule has 4 nitrogen and oxygen atoms in total. The molecule has 0 saturated carbocycles. The number of thiophene rings is 2. The SMILES string of the molecule is CCn1cnn(C[NH+]2CCc3sccc3[C@H]2c2cccs2)c1=S. The average molecular weight is 364 g/mol. The van der Waals surface area contributed by atoms with E-state index >= 15 is 0 Å². The molecule has 0 fully saturated rings. The first-order valence-electron chi connectivity index (χ1n) is 7.84. The number of aromatic nitrogens is 3. The Balaban J connectivity index is 1.70. The average Bonchev–Trinajstić information content (AvgIpc) is 3.29. The minimum atomic E-state index is 0.402. The van der Waals surface area contributed by atoms with Gasteiger partial charge in [-0.05, 0) is 42.0 Å². The van der Waals surface area contributed by atoms with Gasteiger partial charge in [0.25, 0.3) is 0 Å². The fourth-order valence-corrected chi connectivity index (χ4v) is 5.43. The second-order valence-electron chi connectivity index (χ2n) is 5.76. The monoisotopic (exact) mass is 363 g/mol. The molecule has 0 radical (unpaired) electrons. The predicted molar refractivity (Wildman–Crippen MR) is 96.7 cm³/mol. The van der Waals surface area contributed by atoms with Gasteiger partial charge >= 0.3 is 0 Å². The third-order valence-corrected chi connectivity index (χ3v) is 6.87. The second-order valence-corrected chi connectivity index (χ2v) is 8.11. The van der Waals surface area contributed by atoms with E-state index < -0.39 is 0 Å². The first-order chi connectivity index (χ1) is 11.3. The fourth-order valence-electron chi connectivity index (χ4n) is 3.32. The first-order valence-corrected chi connectivity index (χ1v) is 10.0. The van der Waals surface area contributed by atoms with E-state index in [0.717, 1.165) is 31.0 Å². The lowest BCUT2D eigenvalue weighted by molar-refractivity contribution is -0.950. The van der Waals surface area contributed by atoms with Crippen LogP contribution in [0, 0.1) is 4.77 Å². The summed E-state index contributed by atoms with van der Waals surface area (Å²) in [5.41, 5.74) is 1.49. The maximum absolute atomic E-state index is 5.55. The van der Waals surface area contributed by atoms with Gasteiger partial charge in [0, 0.05) is 23.4 Å². The second kappa shape index (κ2) is 6.32. The summed E-state index contributed by atoms with van der Waals surface area (Å²) in [7, 11) is 0. The molecule has 1 N–H and O–H groups in total. The zero-order valence-electron chi connectivity index (χ0n) is 12.9. The summed E-state index contributed by atoms with van der Waals surface area (Å²) >= 11 is 9.28. The molecule has 120 valence electrons. The molecule has 0 amide bonds. The van der Waals surface area contributed by atoms with Crippen molar-refractivity contribution in [1.29, 1.82) is 0 Å². The van der Waals surface area contributed by atoms with Crippen molar-refractivity contribution in [3.8, 4) is 0 Å². The Labute approximate surface area is 148 Å². The smallest absolute Gasteiger partial charge is 0.202 e. The molecule has 0 spiro atoms. The van der Waals surface area contributed by atoms with Crippen LogP contribution in [-0.4, -0.2) is 20.9 Å². The van der Waals surface area contributed by atoms with Crippen molar-refractivity contribution < 1.29 is 4.90 Å². The maximum atomic E-state index is 5.55. The summed E-state index contributed by atoms with van der Waals surface area (Å²) in [5.74, 6) is 0. The van der Waals surface area contributed by atoms with Gasteiger partial charge in [-0.25, -0.2) is 0 Å². The lowest BCUT2D eigenvalue weighted by Crippen LogP contribution is -3.12. The van der Waals surface area contributed by atoms with E-state index in [0.29, 0.717) is 6.04 Å². The van der Waals surface area contributed by atoms with E-state index in [1.807, 2.05) is 38.2 Å². The number of rotatable bonds is 4. The Hall–Kier alpha value is -1.28. The van der Waals surface area contributed by atoms with Crippen LogP contribution in [0.5, 0.6) is 0 Å². The molecule has 1 unspecified atom stereocenters. The summed E-state index contributed by atoms with van der Waals surface area (Å²) in [6.07, 6.45) is 2.99. The molecule has 0 aliphatic carbocycles. The standard InChI is InChI=1S/C16H18N4S3/c1-2-18-10-17-20(16(18)21)11-19-7-5-13-12(6-9-23-13)15(19)14-4-3-8-22-14/h3-4,6,8-10,15H,2,5,7,11H2,1H3/p+1/t15-/m0/s1. The van der Waals surface area contributed by atoms with Crippen LogP contribution in [-0.2, 0) is 19.6 Å². The van der Waals surface area contributed by atoms with E-state index in [-0.39, 0.29) is 0 Å². The molecular formula is C16H19N4S3+. The Kier molecular flexibility index (Phi) is 4.19. The number of hydrogen-bond acceptors (Lipinski definition) is 4. The lowest BCUT2D eigenvalue weighted by Gasteiger charge is -2.31. The van der Waals surface area contributed by atoms with Crippen LogP contribution in [0.1, 0.15) is 28.3 Å². The molecule has 4 heterocycles. The minimum Gasteiger partial charge on any atom is -0.307 e. The van der Waals surface area contributed by atoms with Gasteiger partial charge in [0.15, 0.2) is 12.7 Å². The number of aryl methyl sites for hydroxylation is 1. The molecule has 1 aliphatic heterocycles. The molecule has 0 bridgehead atoms. The minimum absolute atomic E-state index is 0.402. The van der Waals surface area contributed by atoms with Gasteiger partial charge in [0.05, 0.1) is 11.4 Å². The molecule has 3 aromatic heterocycles. The van der Waals surface area contributed by atoms with Crippen LogP contribution in [0.3, 0.4) is 0 Å². The summed E-state index contributed by atoms with van der Waals surface area (Å²) in [6, 6.07) is 7.11. The molecule has 7 heteroatoms. The van der Waals surface area contributed by atoms with E-state index in [1.54, 1.807) is 0 Å². The first kappa shape index (κ1) is 15.3. The van der Waals surface area contributed by atoms with Crippen molar-refractivity contribution in [2.75, 3.05) is 6.54 Å². The van der Waals surface area contributed by atoms with Gasteiger partial charge in [-0.1, -0.05) is 6.07 Å². The van der Waals surface area contributed by atoms with Gasteiger partial charge in [-0.3, -0.25) is 0 Å². The topological polar surface area (TPSA) is 27.2 Å². The van der Waals surface area contributed by atoms with Crippen molar-refractivity contribution in [3.05, 3.63) is 55.4 Å². The van der Waals surface area contributed by atoms with E-state index in [4.69, 9.17) is 12.2 Å². The highest BCUT2D eigenvalue weighted by Crippen LogP contribution is 2.31. The highest BCUT2D eigenvalue weighted by atomic mass is 32.1. The van der Waals surface area contributed by atoms with Crippen LogP contribution in [0.2, 0.25) is 0 Å². The molecule has 4 rings (SSSR count). The molecule has 0 aromatic carbocycles. The highest BCUT2D eigenvalue weighted by Gasteiger charge is 2.34. The predicted octanol–water partition coefficient (Wildman–Crippen LogP) is 2.75. The van der Waals surface area contributed by atoms with Gasteiger partial charge in [0.1, 0.15) is 6.33 Å². The van der Waals surface area contributed by atoms with E-state index in [2.05, 4.69) is 41.0 Å². The van der Waals surface area contributed by atoms with E-state index in [9.17, 15) is 0 Å². The van der Waals surface area contributed by atoms with Crippen LogP contribution in [0.4, 0.5) is 0 Å². The number of fused-ring (bicyclic) bond motifs is 1. The van der Waals surface area contributed by atoms with Crippen molar-refractivity contribution in [1.82, 2.24) is 14.3 Å². The highest BCUT2D eigenvalue weighted by molar-refractivity contribution is 7.71. The third-order valence-electron chi connectivity index (χ3n) is 4.49. The fraction of sp³-hybridized carbons (Fsp3) is 0.375. The van der Waals surface area contributed by atoms with E-state index in [1.165, 1.54) is 20.2 Å². The van der Waals surface area contributed by atoms with Gasteiger partial charge in [-0.2, -0.15) is 9.78 Å². The van der Waals surface area contributed by atoms with Gasteiger partial charge in [-0.15, -0.1) is 22.7 Å². The Morgan fingerprint density at radius 1 is 1.35 bits per heavy atom. The Morgan fingerprint density at radius 2 is 2.26 bits per heavy atom. The Morgan fingerprint density at radius 3 is 3.00 bits per heavy atom. The number of nitrogens with zero attached hydrogens (tertiary/aromatic N) is 3. The largest absolute Gasteiger partial charge is 0.307 e. The van der Waals surface area contributed by atoms with Crippen molar-refractivity contribution in [3.63, 3.8) is 0 Å². The van der Waals surface area contributed by atoms with Crippen LogP contribution >= 0.6 is 34.9 Å². The van der Waals surface area contributed by atoms with Crippen molar-refractivity contribution >= 4 is 34.9 Å². The van der Waals surface area contributed by atoms with Crippen LogP contribution in [0.15, 0.2) is 35.3 Å². The molecule has 2 atom stereocenters. The molecular weight excluding hydrogens is 344 g/mol. The lowest BCUT2D eigenvalue weighted by atomic mass is 9.99. The summed E-state index contributed by atoms with van der Waals surface area (Å²) in [5, 5.41) is 8.90. The van der Waals surface area contributed by atoms with Crippen molar-refractivity contribution in [2.45, 2.75) is 32.6 Å². The molecule has 1 aliphatic rings. The number of hydrogen-bond donors (Lipinski definition) is 1. The third kappa shape index (κ3) is 2.71. The zero-order chi connectivity index (χ0) is 15.8. The molecule has 23 heavy (non-hydrogen) atoms. The zero-order valence-corrected chi connectivity index (χ0v) is 15.4. The maximum Gasteiger partial charge on any atom is 0.202 e. The van der Waals surface area contributed by atoms with Gasteiger partial charge < -0.3 is 9.47 Å². The normalized spacial score (nSPS) is 20.6. The summed E-state index contributed by atoms with van der Waals surface area (Å²) < 4.78 is 4.82. The summed E-state index contributed by atoms with van der Waals surface area (Å²) in [4.78, 5) is 4.49. The van der Waals surface area contributed by atoms with Gasteiger partial charge in [0.2, 0.25) is 4.77 Å². The summed E-state index contributed by atoms with van der Waals surface area (Å²) in [6.45, 7) is 4.92. The van der Waals surface area contributed by atoms with Crippen molar-refractivity contribution in [2.24, 2.45) is 0 Å². The molecule has 0 saturated heterocycles. The van der Waals surface area contributed by atoms with Crippen LogP contribution < -0.4 is 4.90 Å². The Bertz CT molecular complexity index is 843. The number of nitrogens with one attached hydrogen (secondary N) is 1. The molecule has 3 aromatic rings. The van der Waals surface area contributed by atoms with Crippen LogP contribution in [0.25, 0.3) is 0 Å². The number of quaternary nitrogens is 1. The quantitative estimate of drug-likeness (QED) is 0.722.